The van der Waals surface area contributed by atoms with Crippen LogP contribution in [0.3, 0.4) is 0 Å². The van der Waals surface area contributed by atoms with E-state index in [2.05, 4.69) is 5.10 Å². The first kappa shape index (κ1) is 10.5. The molecule has 0 bridgehead atoms. The second-order valence-electron chi connectivity index (χ2n) is 2.50. The molecule has 1 aromatic heterocycles. The largest absolute Gasteiger partial charge is 0.850 e. The molecule has 0 aliphatic carbocycles. The minimum Gasteiger partial charge on any atom is -0.850 e. The topological polar surface area (TPSA) is 63.1 Å². The highest BCUT2D eigenvalue weighted by Gasteiger charge is 2.01. The van der Waals surface area contributed by atoms with E-state index in [0.29, 0.717) is 0 Å². The first-order chi connectivity index (χ1) is 6.74. The zero-order chi connectivity index (χ0) is 10.4. The molecule has 4 nitrogen and oxygen atoms in total. The van der Waals surface area contributed by atoms with Gasteiger partial charge in [0.15, 0.2) is 0 Å². The van der Waals surface area contributed by atoms with Crippen molar-refractivity contribution < 1.29 is 9.78 Å². The summed E-state index contributed by atoms with van der Waals surface area (Å²) in [6, 6.07) is 7.38. The maximum atomic E-state index is 11.1. The lowest BCUT2D eigenvalue weighted by Gasteiger charge is -2.02. The lowest BCUT2D eigenvalue weighted by molar-refractivity contribution is -0.687. The van der Waals surface area contributed by atoms with E-state index in [1.807, 2.05) is 25.1 Å². The van der Waals surface area contributed by atoms with Crippen molar-refractivity contribution in [3.05, 3.63) is 30.1 Å². The molecule has 0 aromatic carbocycles. The van der Waals surface area contributed by atoms with Crippen molar-refractivity contribution in [2.75, 3.05) is 5.75 Å². The molecule has 0 fully saturated rings. The Morgan fingerprint density at radius 2 is 2.50 bits per heavy atom. The first-order valence-corrected chi connectivity index (χ1v) is 4.95. The maximum Gasteiger partial charge on any atom is 0.211 e. The van der Waals surface area contributed by atoms with Gasteiger partial charge in [0.25, 0.3) is 0 Å². The van der Waals surface area contributed by atoms with Crippen LogP contribution in [0.5, 0.6) is 0 Å². The van der Waals surface area contributed by atoms with E-state index in [4.69, 9.17) is 5.26 Å². The molecular formula is C9H9N3OS. The molecular weight excluding hydrogens is 198 g/mol. The summed E-state index contributed by atoms with van der Waals surface area (Å²) in [5.41, 5.74) is 0.874. The fourth-order valence-corrected chi connectivity index (χ4v) is 1.18. The Morgan fingerprint density at radius 1 is 1.71 bits per heavy atom. The third kappa shape index (κ3) is 3.07. The van der Waals surface area contributed by atoms with Crippen molar-refractivity contribution in [1.82, 2.24) is 0 Å². The summed E-state index contributed by atoms with van der Waals surface area (Å²) in [5, 5.41) is 22.8. The van der Waals surface area contributed by atoms with Crippen LogP contribution < -0.4 is 9.78 Å². The van der Waals surface area contributed by atoms with Gasteiger partial charge in [0.2, 0.25) is 11.9 Å². The second-order valence-corrected chi connectivity index (χ2v) is 3.43. The summed E-state index contributed by atoms with van der Waals surface area (Å²) in [5.74, 6) is 0.134. The molecule has 0 aliphatic heterocycles. The molecule has 1 aromatic rings. The fourth-order valence-electron chi connectivity index (χ4n) is 0.843. The van der Waals surface area contributed by atoms with Gasteiger partial charge in [0.05, 0.1) is 17.1 Å². The minimum atomic E-state index is -0.356. The van der Waals surface area contributed by atoms with Crippen LogP contribution in [-0.2, 0) is 0 Å². The van der Waals surface area contributed by atoms with Crippen LogP contribution in [-0.4, -0.2) is 11.0 Å². The molecule has 0 N–H and O–H groups in total. The predicted octanol–water partition coefficient (Wildman–Crippen LogP) is 0.0187. The summed E-state index contributed by atoms with van der Waals surface area (Å²) >= 11 is 0.892. The van der Waals surface area contributed by atoms with E-state index in [0.717, 1.165) is 17.5 Å². The van der Waals surface area contributed by atoms with Crippen molar-refractivity contribution in [2.45, 2.75) is 6.92 Å². The predicted molar refractivity (Wildman–Crippen MR) is 52.3 cm³/mol. The minimum absolute atomic E-state index is 0.134. The van der Waals surface area contributed by atoms with Gasteiger partial charge in [-0.1, -0.05) is 4.68 Å². The van der Waals surface area contributed by atoms with Crippen LogP contribution in [0.4, 0.5) is 0 Å². The molecule has 0 atom stereocenters. The number of nitrogens with zero attached hydrogens (tertiary/aromatic N) is 3. The van der Waals surface area contributed by atoms with E-state index in [9.17, 15) is 5.11 Å². The number of pyridine rings is 1. The Hall–Kier alpha value is -1.54. The maximum absolute atomic E-state index is 11.1. The van der Waals surface area contributed by atoms with Crippen LogP contribution in [0.25, 0.3) is 0 Å². The Bertz CT molecular complexity index is 384. The Labute approximate surface area is 86.5 Å². The quantitative estimate of drug-likeness (QED) is 0.390. The van der Waals surface area contributed by atoms with Crippen molar-refractivity contribution in [1.29, 1.82) is 5.26 Å². The molecule has 0 saturated carbocycles. The number of hydrogen-bond acceptors (Lipinski definition) is 4. The Balaban J connectivity index is 2.77. The van der Waals surface area contributed by atoms with Crippen molar-refractivity contribution in [3.8, 4) is 6.07 Å². The van der Waals surface area contributed by atoms with Gasteiger partial charge in [0.1, 0.15) is 0 Å². The van der Waals surface area contributed by atoms with E-state index in [-0.39, 0.29) is 11.0 Å². The molecule has 0 saturated heterocycles. The molecule has 5 heteroatoms. The van der Waals surface area contributed by atoms with Crippen LogP contribution in [0.1, 0.15) is 5.69 Å². The number of aromatic nitrogens is 1. The number of rotatable bonds is 2. The number of thioether (sulfide) groups is 1. The van der Waals surface area contributed by atoms with Crippen LogP contribution >= 0.6 is 11.8 Å². The average Bonchev–Trinajstić information content (AvgIpc) is 2.18. The fraction of sp³-hybridized carbons (Fsp3) is 0.222. The molecule has 0 spiro atoms. The van der Waals surface area contributed by atoms with Crippen LogP contribution in [0.15, 0.2) is 29.5 Å². The zero-order valence-corrected chi connectivity index (χ0v) is 8.49. The highest BCUT2D eigenvalue weighted by Crippen LogP contribution is 1.96. The van der Waals surface area contributed by atoms with Crippen molar-refractivity contribution in [2.24, 2.45) is 5.10 Å². The smallest absolute Gasteiger partial charge is 0.211 e. The van der Waals surface area contributed by atoms with Gasteiger partial charge < -0.3 is 5.11 Å². The van der Waals surface area contributed by atoms with Gasteiger partial charge in [-0.2, -0.15) is 5.26 Å². The summed E-state index contributed by atoms with van der Waals surface area (Å²) in [7, 11) is 0. The standard InChI is InChI=1S/C9H9N3OS/c1-8-4-2-3-6-12(8)11-9(13)14-7-5-10/h2-4,6H,7H2,1H3. The average molecular weight is 207 g/mol. The van der Waals surface area contributed by atoms with Crippen molar-refractivity contribution >= 4 is 17.0 Å². The summed E-state index contributed by atoms with van der Waals surface area (Å²) in [4.78, 5) is 0. The van der Waals surface area contributed by atoms with Gasteiger partial charge in [-0.15, -0.1) is 11.8 Å². The SMILES string of the molecule is Cc1cccc[n+]1/N=C(\[O-])SCC#N. The number of nitriles is 1. The number of hydrogen-bond donors (Lipinski definition) is 0. The third-order valence-electron chi connectivity index (χ3n) is 1.49. The highest BCUT2D eigenvalue weighted by molar-refractivity contribution is 8.13. The monoisotopic (exact) mass is 207 g/mol. The lowest BCUT2D eigenvalue weighted by Crippen LogP contribution is -2.34. The molecule has 1 heterocycles. The zero-order valence-electron chi connectivity index (χ0n) is 7.67. The first-order valence-electron chi connectivity index (χ1n) is 3.97. The van der Waals surface area contributed by atoms with Crippen molar-refractivity contribution in [3.63, 3.8) is 0 Å². The van der Waals surface area contributed by atoms with Crippen LogP contribution in [0.2, 0.25) is 0 Å². The van der Waals surface area contributed by atoms with Gasteiger partial charge >= 0.3 is 0 Å². The third-order valence-corrected chi connectivity index (χ3v) is 2.09. The Morgan fingerprint density at radius 3 is 3.14 bits per heavy atom. The summed E-state index contributed by atoms with van der Waals surface area (Å²) in [6.07, 6.45) is 1.69. The van der Waals surface area contributed by atoms with Gasteiger partial charge in [0, 0.05) is 19.1 Å². The molecule has 0 radical (unpaired) electrons. The molecule has 1 rings (SSSR count). The van der Waals surface area contributed by atoms with Crippen LogP contribution in [0, 0.1) is 18.3 Å². The molecule has 0 unspecified atom stereocenters. The molecule has 0 amide bonds. The Kier molecular flexibility index (Phi) is 3.95. The summed E-state index contributed by atoms with van der Waals surface area (Å²) < 4.78 is 1.49. The lowest BCUT2D eigenvalue weighted by atomic mass is 10.4. The normalized spacial score (nSPS) is 11.0. The molecule has 14 heavy (non-hydrogen) atoms. The molecule has 0 aliphatic rings. The van der Waals surface area contributed by atoms with Gasteiger partial charge in [-0.25, -0.2) is 0 Å². The van der Waals surface area contributed by atoms with E-state index >= 15 is 0 Å². The number of aryl methyl sites for hydroxylation is 1. The van der Waals surface area contributed by atoms with E-state index < -0.39 is 0 Å². The highest BCUT2D eigenvalue weighted by atomic mass is 32.2. The van der Waals surface area contributed by atoms with Gasteiger partial charge in [-0.3, -0.25) is 0 Å². The van der Waals surface area contributed by atoms with E-state index in [1.165, 1.54) is 4.68 Å². The second kappa shape index (κ2) is 5.25. The van der Waals surface area contributed by atoms with Gasteiger partial charge in [-0.05, 0) is 11.2 Å². The molecule has 72 valence electrons. The van der Waals surface area contributed by atoms with E-state index in [1.54, 1.807) is 12.3 Å². The summed E-state index contributed by atoms with van der Waals surface area (Å²) in [6.45, 7) is 1.85.